The number of hydrogen-bond acceptors (Lipinski definition) is 4. The average molecular weight is 403 g/mol. The Morgan fingerprint density at radius 1 is 1.35 bits per heavy atom. The number of nitrogens with zero attached hydrogens (tertiary/aromatic N) is 2. The Morgan fingerprint density at radius 2 is 2.00 bits per heavy atom. The molecule has 0 saturated heterocycles. The molecule has 0 aliphatic heterocycles. The zero-order valence-electron chi connectivity index (χ0n) is 12.6. The van der Waals surface area contributed by atoms with Gasteiger partial charge in [-0.15, -0.1) is 0 Å². The van der Waals surface area contributed by atoms with Crippen LogP contribution in [0, 0.1) is 0 Å². The normalized spacial score (nSPS) is 11.3. The number of halogens is 1. The fourth-order valence-electron chi connectivity index (χ4n) is 1.86. The van der Waals surface area contributed by atoms with E-state index in [4.69, 9.17) is 0 Å². The van der Waals surface area contributed by atoms with E-state index in [1.807, 2.05) is 0 Å². The summed E-state index contributed by atoms with van der Waals surface area (Å²) >= 11 is 3.03. The highest BCUT2D eigenvalue weighted by molar-refractivity contribution is 9.10. The lowest BCUT2D eigenvalue weighted by atomic mass is 10.4. The van der Waals surface area contributed by atoms with Crippen molar-refractivity contribution in [3.05, 3.63) is 45.0 Å². The zero-order chi connectivity index (χ0) is 17.4. The molecule has 2 aromatic heterocycles. The van der Waals surface area contributed by atoms with Gasteiger partial charge in [-0.2, -0.15) is 0 Å². The lowest BCUT2D eigenvalue weighted by Gasteiger charge is -2.09. The highest BCUT2D eigenvalue weighted by Gasteiger charge is 2.22. The average Bonchev–Trinajstić information content (AvgIpc) is 2.85. The van der Waals surface area contributed by atoms with Gasteiger partial charge in [-0.05, 0) is 22.0 Å². The van der Waals surface area contributed by atoms with Crippen molar-refractivity contribution in [3.8, 4) is 0 Å². The Bertz CT molecular complexity index is 914. The molecular formula is C13H15BrN4O4S. The van der Waals surface area contributed by atoms with Crippen LogP contribution in [-0.4, -0.2) is 42.9 Å². The van der Waals surface area contributed by atoms with Gasteiger partial charge in [-0.3, -0.25) is 14.3 Å². The molecule has 8 nitrogen and oxygen atoms in total. The molecule has 0 aliphatic rings. The van der Waals surface area contributed by atoms with E-state index < -0.39 is 15.5 Å². The molecule has 2 rings (SSSR count). The van der Waals surface area contributed by atoms with Crippen molar-refractivity contribution in [2.75, 3.05) is 18.8 Å². The predicted molar refractivity (Wildman–Crippen MR) is 89.0 cm³/mol. The van der Waals surface area contributed by atoms with E-state index in [1.54, 1.807) is 21.1 Å². The first kappa shape index (κ1) is 17.3. The number of aromatic nitrogens is 2. The van der Waals surface area contributed by atoms with Gasteiger partial charge in [-0.1, -0.05) is 0 Å². The van der Waals surface area contributed by atoms with E-state index in [0.717, 1.165) is 0 Å². The van der Waals surface area contributed by atoms with Crippen LogP contribution >= 0.6 is 15.9 Å². The number of sulfonamides is 1. The van der Waals surface area contributed by atoms with Gasteiger partial charge < -0.3 is 14.5 Å². The largest absolute Gasteiger partial charge is 0.365 e. The summed E-state index contributed by atoms with van der Waals surface area (Å²) in [5.41, 5.74) is -0.393. The number of pyridine rings is 1. The second-order valence-corrected chi connectivity index (χ2v) is 7.56. The molecule has 0 radical (unpaired) electrons. The van der Waals surface area contributed by atoms with E-state index >= 15 is 0 Å². The van der Waals surface area contributed by atoms with E-state index in [9.17, 15) is 18.0 Å². The fourth-order valence-corrected chi connectivity index (χ4v) is 3.33. The Balaban J connectivity index is 2.41. The summed E-state index contributed by atoms with van der Waals surface area (Å²) in [6.45, 7) is 0. The standard InChI is InChI=1S/C13H15BrN4O4S/c1-17(2)13(20)11-4-8(7-18(11)3)23(21,22)16-10-6-15-5-9(14)12(10)19/h4-7,16H,1-3H3,(H,15,19). The molecule has 2 N–H and O–H groups in total. The minimum Gasteiger partial charge on any atom is -0.365 e. The SMILES string of the molecule is CN(C)C(=O)c1cc(S(=O)(=O)Nc2c[nH]cc(Br)c2=O)cn1C. The maximum Gasteiger partial charge on any atom is 0.269 e. The maximum atomic E-state index is 12.4. The summed E-state index contributed by atoms with van der Waals surface area (Å²) in [7, 11) is 0.720. The first-order valence-electron chi connectivity index (χ1n) is 6.41. The van der Waals surface area contributed by atoms with E-state index in [1.165, 1.54) is 34.1 Å². The van der Waals surface area contributed by atoms with Gasteiger partial charge in [0.25, 0.3) is 15.9 Å². The van der Waals surface area contributed by atoms with Gasteiger partial charge in [0.15, 0.2) is 0 Å². The minimum absolute atomic E-state index is 0.107. The topological polar surface area (TPSA) is 104 Å². The third kappa shape index (κ3) is 3.48. The smallest absolute Gasteiger partial charge is 0.269 e. The highest BCUT2D eigenvalue weighted by Crippen LogP contribution is 2.18. The van der Waals surface area contributed by atoms with Gasteiger partial charge in [0.1, 0.15) is 16.3 Å². The maximum absolute atomic E-state index is 12.4. The summed E-state index contributed by atoms with van der Waals surface area (Å²) < 4.78 is 28.6. The van der Waals surface area contributed by atoms with Crippen molar-refractivity contribution in [3.63, 3.8) is 0 Å². The molecule has 2 aromatic rings. The number of aryl methyl sites for hydroxylation is 1. The van der Waals surface area contributed by atoms with Crippen LogP contribution in [0.25, 0.3) is 0 Å². The monoisotopic (exact) mass is 402 g/mol. The summed E-state index contributed by atoms with van der Waals surface area (Å²) in [6, 6.07) is 1.26. The molecule has 0 atom stereocenters. The molecule has 124 valence electrons. The van der Waals surface area contributed by atoms with Crippen LogP contribution in [0.2, 0.25) is 0 Å². The predicted octanol–water partition coefficient (Wildman–Crippen LogP) is 0.978. The molecule has 0 spiro atoms. The molecule has 0 unspecified atom stereocenters. The molecule has 0 aliphatic carbocycles. The summed E-state index contributed by atoms with van der Waals surface area (Å²) in [6.07, 6.45) is 3.96. The summed E-state index contributed by atoms with van der Waals surface area (Å²) in [5.74, 6) is -0.325. The quantitative estimate of drug-likeness (QED) is 0.794. The third-order valence-electron chi connectivity index (χ3n) is 3.06. The van der Waals surface area contributed by atoms with Crippen LogP contribution in [-0.2, 0) is 17.1 Å². The van der Waals surface area contributed by atoms with Crippen molar-refractivity contribution < 1.29 is 13.2 Å². The van der Waals surface area contributed by atoms with Crippen LogP contribution in [0.4, 0.5) is 5.69 Å². The summed E-state index contributed by atoms with van der Waals surface area (Å²) in [4.78, 5) is 27.8. The van der Waals surface area contributed by atoms with Crippen molar-refractivity contribution in [1.29, 1.82) is 0 Å². The van der Waals surface area contributed by atoms with E-state index in [-0.39, 0.29) is 26.7 Å². The van der Waals surface area contributed by atoms with Crippen molar-refractivity contribution in [2.24, 2.45) is 7.05 Å². The van der Waals surface area contributed by atoms with Crippen LogP contribution in [0.15, 0.2) is 38.8 Å². The van der Waals surface area contributed by atoms with E-state index in [0.29, 0.717) is 0 Å². The van der Waals surface area contributed by atoms with Crippen molar-refractivity contribution in [2.45, 2.75) is 4.90 Å². The van der Waals surface area contributed by atoms with E-state index in [2.05, 4.69) is 25.6 Å². The molecule has 2 heterocycles. The number of hydrogen-bond donors (Lipinski definition) is 2. The van der Waals surface area contributed by atoms with Gasteiger partial charge in [0.05, 0.1) is 4.47 Å². The Hall–Kier alpha value is -2.07. The molecule has 0 aromatic carbocycles. The van der Waals surface area contributed by atoms with Gasteiger partial charge in [0, 0.05) is 39.7 Å². The first-order chi connectivity index (χ1) is 10.6. The van der Waals surface area contributed by atoms with Gasteiger partial charge >= 0.3 is 0 Å². The first-order valence-corrected chi connectivity index (χ1v) is 8.68. The Kier molecular flexibility index (Phi) is 4.66. The number of carbonyl (C=O) groups is 1. The zero-order valence-corrected chi connectivity index (χ0v) is 15.0. The molecule has 1 amide bonds. The molecule has 23 heavy (non-hydrogen) atoms. The number of amides is 1. The second-order valence-electron chi connectivity index (χ2n) is 5.02. The summed E-state index contributed by atoms with van der Waals surface area (Å²) in [5, 5.41) is 0. The number of carbonyl (C=O) groups excluding carboxylic acids is 1. The number of aromatic amines is 1. The van der Waals surface area contributed by atoms with Gasteiger partial charge in [-0.25, -0.2) is 8.42 Å². The van der Waals surface area contributed by atoms with Crippen molar-refractivity contribution >= 4 is 37.5 Å². The fraction of sp³-hybridized carbons (Fsp3) is 0.231. The molecule has 0 bridgehead atoms. The number of anilines is 1. The van der Waals surface area contributed by atoms with Gasteiger partial charge in [0.2, 0.25) is 5.43 Å². The van der Waals surface area contributed by atoms with Crippen LogP contribution in [0.5, 0.6) is 0 Å². The second kappa shape index (κ2) is 6.20. The molecule has 0 saturated carbocycles. The third-order valence-corrected chi connectivity index (χ3v) is 4.98. The minimum atomic E-state index is -4.00. The molecule has 10 heteroatoms. The number of rotatable bonds is 4. The van der Waals surface area contributed by atoms with Crippen molar-refractivity contribution in [1.82, 2.24) is 14.5 Å². The highest BCUT2D eigenvalue weighted by atomic mass is 79.9. The van der Waals surface area contributed by atoms with Crippen LogP contribution in [0.1, 0.15) is 10.5 Å². The van der Waals surface area contributed by atoms with Crippen LogP contribution < -0.4 is 10.2 Å². The van der Waals surface area contributed by atoms with Crippen LogP contribution in [0.3, 0.4) is 0 Å². The number of nitrogens with one attached hydrogen (secondary N) is 2. The number of H-pyrrole nitrogens is 1. The lowest BCUT2D eigenvalue weighted by Crippen LogP contribution is -2.23. The Morgan fingerprint density at radius 3 is 2.61 bits per heavy atom. The Labute approximate surface area is 141 Å². The molecule has 0 fully saturated rings. The molecular weight excluding hydrogens is 388 g/mol. The lowest BCUT2D eigenvalue weighted by molar-refractivity contribution is 0.0818.